The summed E-state index contributed by atoms with van der Waals surface area (Å²) in [6.45, 7) is 4.76. The molecule has 0 saturated carbocycles. The fourth-order valence-electron chi connectivity index (χ4n) is 2.49. The van der Waals surface area contributed by atoms with Crippen molar-refractivity contribution in [2.45, 2.75) is 58.0 Å². The van der Waals surface area contributed by atoms with Crippen molar-refractivity contribution in [1.29, 1.82) is 0 Å². The molecule has 1 aliphatic rings. The third kappa shape index (κ3) is 4.51. The largest absolute Gasteiger partial charge is 0.293 e. The van der Waals surface area contributed by atoms with Gasteiger partial charge in [-0.05, 0) is 12.0 Å². The van der Waals surface area contributed by atoms with Gasteiger partial charge in [-0.2, -0.15) is 0 Å². The predicted octanol–water partition coefficient (Wildman–Crippen LogP) is 4.23. The van der Waals surface area contributed by atoms with Crippen LogP contribution in [-0.4, -0.2) is 17.5 Å². The number of hydrogen-bond donors (Lipinski definition) is 0. The molecule has 2 rings (SSSR count). The van der Waals surface area contributed by atoms with Crippen molar-refractivity contribution in [2.75, 3.05) is 6.54 Å². The van der Waals surface area contributed by atoms with Gasteiger partial charge in [0.1, 0.15) is 0 Å². The Kier molecular flexibility index (Phi) is 5.06. The standard InChI is InChI=1S/C16H25N/c1-2-3-4-5-9-12-16-14-17(16)13-15-10-7-6-8-11-15/h6-8,10-11,16H,2-5,9,12-14H2,1H3. The summed E-state index contributed by atoms with van der Waals surface area (Å²) in [4.78, 5) is 2.59. The third-order valence-electron chi connectivity index (χ3n) is 3.70. The molecule has 1 aromatic carbocycles. The van der Waals surface area contributed by atoms with Crippen molar-refractivity contribution in [2.24, 2.45) is 0 Å². The van der Waals surface area contributed by atoms with Crippen molar-refractivity contribution in [1.82, 2.24) is 4.90 Å². The highest BCUT2D eigenvalue weighted by molar-refractivity contribution is 5.15. The molecular weight excluding hydrogens is 206 g/mol. The first-order valence-corrected chi connectivity index (χ1v) is 7.18. The number of hydrogen-bond acceptors (Lipinski definition) is 1. The Morgan fingerprint density at radius 3 is 2.59 bits per heavy atom. The van der Waals surface area contributed by atoms with E-state index in [0.29, 0.717) is 0 Å². The van der Waals surface area contributed by atoms with E-state index in [0.717, 1.165) is 12.6 Å². The fourth-order valence-corrected chi connectivity index (χ4v) is 2.49. The minimum Gasteiger partial charge on any atom is -0.293 e. The summed E-state index contributed by atoms with van der Waals surface area (Å²) >= 11 is 0. The summed E-state index contributed by atoms with van der Waals surface area (Å²) in [6.07, 6.45) is 8.47. The van der Waals surface area contributed by atoms with E-state index in [9.17, 15) is 0 Å². The van der Waals surface area contributed by atoms with Crippen LogP contribution in [0.3, 0.4) is 0 Å². The molecular formula is C16H25N. The zero-order valence-corrected chi connectivity index (χ0v) is 11.1. The van der Waals surface area contributed by atoms with Gasteiger partial charge in [0.15, 0.2) is 0 Å². The van der Waals surface area contributed by atoms with Crippen LogP contribution >= 0.6 is 0 Å². The third-order valence-corrected chi connectivity index (χ3v) is 3.70. The number of nitrogens with zero attached hydrogens (tertiary/aromatic N) is 1. The lowest BCUT2D eigenvalue weighted by atomic mass is 10.1. The summed E-state index contributed by atoms with van der Waals surface area (Å²) in [5.41, 5.74) is 1.46. The summed E-state index contributed by atoms with van der Waals surface area (Å²) in [5.74, 6) is 0. The van der Waals surface area contributed by atoms with Gasteiger partial charge >= 0.3 is 0 Å². The van der Waals surface area contributed by atoms with E-state index in [4.69, 9.17) is 0 Å². The molecule has 0 radical (unpaired) electrons. The van der Waals surface area contributed by atoms with E-state index in [1.807, 2.05) is 0 Å². The average Bonchev–Trinajstić information content (AvgIpc) is 3.09. The van der Waals surface area contributed by atoms with Crippen molar-refractivity contribution in [3.8, 4) is 0 Å². The maximum atomic E-state index is 2.59. The zero-order chi connectivity index (χ0) is 11.9. The molecule has 2 unspecified atom stereocenters. The second kappa shape index (κ2) is 6.80. The van der Waals surface area contributed by atoms with Crippen molar-refractivity contribution in [3.05, 3.63) is 35.9 Å². The molecule has 1 aromatic rings. The summed E-state index contributed by atoms with van der Waals surface area (Å²) in [6, 6.07) is 11.7. The Labute approximate surface area is 106 Å². The minimum absolute atomic E-state index is 0.886. The average molecular weight is 231 g/mol. The molecule has 0 N–H and O–H groups in total. The van der Waals surface area contributed by atoms with E-state index in [-0.39, 0.29) is 0 Å². The normalized spacial score (nSPS) is 22.6. The first-order valence-electron chi connectivity index (χ1n) is 7.18. The molecule has 1 heteroatoms. The number of rotatable bonds is 8. The highest BCUT2D eigenvalue weighted by Crippen LogP contribution is 2.25. The second-order valence-corrected chi connectivity index (χ2v) is 5.27. The molecule has 1 nitrogen and oxygen atoms in total. The molecule has 1 fully saturated rings. The maximum absolute atomic E-state index is 2.59. The Balaban J connectivity index is 1.55. The maximum Gasteiger partial charge on any atom is 0.0237 e. The highest BCUT2D eigenvalue weighted by atomic mass is 15.3. The molecule has 0 aromatic heterocycles. The smallest absolute Gasteiger partial charge is 0.0237 e. The Morgan fingerprint density at radius 1 is 1.06 bits per heavy atom. The van der Waals surface area contributed by atoms with Crippen LogP contribution in [0.15, 0.2) is 30.3 Å². The first kappa shape index (κ1) is 12.6. The number of benzene rings is 1. The van der Waals surface area contributed by atoms with Crippen LogP contribution in [0.5, 0.6) is 0 Å². The van der Waals surface area contributed by atoms with Gasteiger partial charge in [0.2, 0.25) is 0 Å². The summed E-state index contributed by atoms with van der Waals surface area (Å²) in [5, 5.41) is 0. The van der Waals surface area contributed by atoms with Crippen LogP contribution in [0.2, 0.25) is 0 Å². The molecule has 1 aliphatic heterocycles. The lowest BCUT2D eigenvalue weighted by Gasteiger charge is -2.04. The van der Waals surface area contributed by atoms with Crippen LogP contribution < -0.4 is 0 Å². The molecule has 94 valence electrons. The van der Waals surface area contributed by atoms with E-state index in [2.05, 4.69) is 42.2 Å². The summed E-state index contributed by atoms with van der Waals surface area (Å²) < 4.78 is 0. The Morgan fingerprint density at radius 2 is 1.82 bits per heavy atom. The van der Waals surface area contributed by atoms with E-state index >= 15 is 0 Å². The van der Waals surface area contributed by atoms with Crippen LogP contribution in [0.4, 0.5) is 0 Å². The van der Waals surface area contributed by atoms with Crippen molar-refractivity contribution in [3.63, 3.8) is 0 Å². The molecule has 1 saturated heterocycles. The van der Waals surface area contributed by atoms with Crippen LogP contribution in [-0.2, 0) is 6.54 Å². The van der Waals surface area contributed by atoms with E-state index in [1.54, 1.807) is 0 Å². The van der Waals surface area contributed by atoms with Gasteiger partial charge in [-0.15, -0.1) is 0 Å². The Hall–Kier alpha value is -0.820. The quantitative estimate of drug-likeness (QED) is 0.478. The predicted molar refractivity (Wildman–Crippen MR) is 74.0 cm³/mol. The van der Waals surface area contributed by atoms with Gasteiger partial charge in [0, 0.05) is 19.1 Å². The lowest BCUT2D eigenvalue weighted by Crippen LogP contribution is -2.01. The fraction of sp³-hybridized carbons (Fsp3) is 0.625. The lowest BCUT2D eigenvalue weighted by molar-refractivity contribution is 0.472. The van der Waals surface area contributed by atoms with Gasteiger partial charge in [-0.3, -0.25) is 4.90 Å². The summed E-state index contributed by atoms with van der Waals surface area (Å²) in [7, 11) is 0. The topological polar surface area (TPSA) is 3.01 Å². The molecule has 0 aliphatic carbocycles. The molecule has 2 atom stereocenters. The van der Waals surface area contributed by atoms with Gasteiger partial charge in [0.25, 0.3) is 0 Å². The molecule has 1 heterocycles. The molecule has 0 amide bonds. The van der Waals surface area contributed by atoms with E-state index < -0.39 is 0 Å². The monoisotopic (exact) mass is 231 g/mol. The number of unbranched alkanes of at least 4 members (excludes halogenated alkanes) is 4. The van der Waals surface area contributed by atoms with Gasteiger partial charge in [0.05, 0.1) is 0 Å². The molecule has 0 spiro atoms. The van der Waals surface area contributed by atoms with Gasteiger partial charge < -0.3 is 0 Å². The first-order chi connectivity index (χ1) is 8.40. The van der Waals surface area contributed by atoms with Crippen LogP contribution in [0, 0.1) is 0 Å². The van der Waals surface area contributed by atoms with Crippen molar-refractivity contribution >= 4 is 0 Å². The van der Waals surface area contributed by atoms with Gasteiger partial charge in [-0.25, -0.2) is 0 Å². The SMILES string of the molecule is CCCCCCCC1CN1Cc1ccccc1. The second-order valence-electron chi connectivity index (χ2n) is 5.27. The highest BCUT2D eigenvalue weighted by Gasteiger charge is 2.32. The Bertz CT molecular complexity index is 307. The van der Waals surface area contributed by atoms with E-state index in [1.165, 1.54) is 50.6 Å². The minimum atomic E-state index is 0.886. The molecule has 0 bridgehead atoms. The van der Waals surface area contributed by atoms with Crippen LogP contribution in [0.25, 0.3) is 0 Å². The van der Waals surface area contributed by atoms with Gasteiger partial charge in [-0.1, -0.05) is 69.4 Å². The molecule has 17 heavy (non-hydrogen) atoms. The zero-order valence-electron chi connectivity index (χ0n) is 11.1. The van der Waals surface area contributed by atoms with Crippen LogP contribution in [0.1, 0.15) is 51.0 Å². The van der Waals surface area contributed by atoms with Crippen molar-refractivity contribution < 1.29 is 0 Å².